The van der Waals surface area contributed by atoms with Crippen LogP contribution < -0.4 is 16.0 Å². The van der Waals surface area contributed by atoms with Gasteiger partial charge in [-0.15, -0.1) is 0 Å². The van der Waals surface area contributed by atoms with Crippen LogP contribution in [0.3, 0.4) is 0 Å². The number of carbonyl (C=O) groups excluding carboxylic acids is 2. The molecule has 0 aliphatic carbocycles. The highest BCUT2D eigenvalue weighted by molar-refractivity contribution is 6.00. The molecule has 7 nitrogen and oxygen atoms in total. The van der Waals surface area contributed by atoms with E-state index in [-0.39, 0.29) is 31.7 Å². The molecule has 2 aromatic heterocycles. The molecule has 0 aliphatic rings. The molecule has 0 aliphatic heterocycles. The zero-order valence-corrected chi connectivity index (χ0v) is 16.4. The molecule has 0 fully saturated rings. The molecule has 0 radical (unpaired) electrons. The van der Waals surface area contributed by atoms with Gasteiger partial charge in [0.25, 0.3) is 0 Å². The first-order valence-corrected chi connectivity index (χ1v) is 9.12. The number of carboxylic acids is 1. The maximum absolute atomic E-state index is 12.5. The van der Waals surface area contributed by atoms with E-state index >= 15 is 0 Å². The van der Waals surface area contributed by atoms with Gasteiger partial charge in [-0.1, -0.05) is 0 Å². The first kappa shape index (κ1) is 19.7. The van der Waals surface area contributed by atoms with Crippen molar-refractivity contribution >= 4 is 33.8 Å². The minimum absolute atomic E-state index is 0.129. The third kappa shape index (κ3) is 3.52. The van der Waals surface area contributed by atoms with Gasteiger partial charge >= 0.3 is 5.63 Å². The molecule has 3 aromatic rings. The van der Waals surface area contributed by atoms with Gasteiger partial charge in [-0.2, -0.15) is 0 Å². The third-order valence-electron chi connectivity index (χ3n) is 5.16. The number of carbonyl (C=O) groups is 2. The topological polar surface area (TPSA) is 113 Å². The predicted molar refractivity (Wildman–Crippen MR) is 102 cm³/mol. The number of aryl methyl sites for hydroxylation is 4. The molecule has 3 rings (SSSR count). The number of benzene rings is 1. The van der Waals surface area contributed by atoms with Crippen molar-refractivity contribution in [3.8, 4) is 0 Å². The molecular weight excluding hydrogens is 362 g/mol. The van der Waals surface area contributed by atoms with Gasteiger partial charge in [0.1, 0.15) is 16.9 Å². The van der Waals surface area contributed by atoms with Crippen LogP contribution >= 0.6 is 0 Å². The average molecular weight is 384 g/mol. The van der Waals surface area contributed by atoms with Crippen molar-refractivity contribution in [2.24, 2.45) is 0 Å². The fourth-order valence-corrected chi connectivity index (χ4v) is 3.38. The normalized spacial score (nSPS) is 11.3. The number of aliphatic carboxylic acids is 1. The van der Waals surface area contributed by atoms with Crippen LogP contribution in [-0.2, 0) is 16.0 Å². The summed E-state index contributed by atoms with van der Waals surface area (Å²) in [4.78, 5) is 35.1. The second-order valence-corrected chi connectivity index (χ2v) is 7.03. The van der Waals surface area contributed by atoms with Crippen LogP contribution in [0.2, 0.25) is 0 Å². The Morgan fingerprint density at radius 2 is 1.64 bits per heavy atom. The molecule has 7 heteroatoms. The van der Waals surface area contributed by atoms with Crippen molar-refractivity contribution < 1.29 is 23.5 Å². The van der Waals surface area contributed by atoms with Crippen LogP contribution in [0.1, 0.15) is 40.9 Å². The summed E-state index contributed by atoms with van der Waals surface area (Å²) in [7, 11) is 0. The molecule has 1 amide bonds. The summed E-state index contributed by atoms with van der Waals surface area (Å²) >= 11 is 0. The predicted octanol–water partition coefficient (Wildman–Crippen LogP) is 1.96. The molecule has 0 saturated carbocycles. The Kier molecular flexibility index (Phi) is 5.27. The second-order valence-electron chi connectivity index (χ2n) is 7.03. The van der Waals surface area contributed by atoms with Gasteiger partial charge in [0.15, 0.2) is 0 Å². The molecule has 28 heavy (non-hydrogen) atoms. The van der Waals surface area contributed by atoms with Crippen LogP contribution in [0.4, 0.5) is 0 Å². The van der Waals surface area contributed by atoms with Gasteiger partial charge in [-0.3, -0.25) is 4.79 Å². The van der Waals surface area contributed by atoms with Crippen LogP contribution in [0.5, 0.6) is 0 Å². The molecule has 0 spiro atoms. The van der Waals surface area contributed by atoms with E-state index in [1.165, 1.54) is 0 Å². The zero-order chi connectivity index (χ0) is 20.6. The summed E-state index contributed by atoms with van der Waals surface area (Å²) in [5.74, 6) is -0.711. The molecule has 0 atom stereocenters. The lowest BCUT2D eigenvalue weighted by Gasteiger charge is -2.10. The maximum Gasteiger partial charge on any atom is 0.340 e. The summed E-state index contributed by atoms with van der Waals surface area (Å²) in [6.45, 7) is 7.71. The van der Waals surface area contributed by atoms with E-state index < -0.39 is 11.6 Å². The molecular formula is C21H22NO6-. The molecule has 148 valence electrons. The van der Waals surface area contributed by atoms with Gasteiger partial charge in [0.2, 0.25) is 5.91 Å². The number of hydrogen-bond acceptors (Lipinski definition) is 6. The first-order valence-electron chi connectivity index (χ1n) is 9.12. The third-order valence-corrected chi connectivity index (χ3v) is 5.16. The lowest BCUT2D eigenvalue weighted by molar-refractivity contribution is -0.305. The SMILES string of the molecule is Cc1oc2c(C)c3oc(=O)c(CC(=O)NCCCC(=O)[O-])c(C)c3cc2c1C. The summed E-state index contributed by atoms with van der Waals surface area (Å²) in [5, 5.41) is 14.8. The highest BCUT2D eigenvalue weighted by Gasteiger charge is 2.19. The van der Waals surface area contributed by atoms with Crippen molar-refractivity contribution in [3.63, 3.8) is 0 Å². The van der Waals surface area contributed by atoms with Gasteiger partial charge in [0, 0.05) is 28.8 Å². The lowest BCUT2D eigenvalue weighted by atomic mass is 9.99. The van der Waals surface area contributed by atoms with Crippen molar-refractivity contribution in [3.05, 3.63) is 44.5 Å². The van der Waals surface area contributed by atoms with E-state index in [2.05, 4.69) is 5.32 Å². The first-order chi connectivity index (χ1) is 13.2. The second kappa shape index (κ2) is 7.50. The molecule has 1 aromatic carbocycles. The molecule has 1 N–H and O–H groups in total. The molecule has 0 bridgehead atoms. The standard InChI is InChI=1S/C21H23NO6/c1-10-13(4)27-19-12(3)20-15(8-14(10)19)11(2)16(21(26)28-20)9-17(23)22-7-5-6-18(24)25/h8H,5-7,9H2,1-4H3,(H,22,23)(H,24,25)/p-1. The minimum Gasteiger partial charge on any atom is -0.550 e. The van der Waals surface area contributed by atoms with E-state index in [4.69, 9.17) is 8.83 Å². The van der Waals surface area contributed by atoms with E-state index in [0.29, 0.717) is 22.3 Å². The molecule has 0 saturated heterocycles. The van der Waals surface area contributed by atoms with Gasteiger partial charge in [-0.25, -0.2) is 4.79 Å². The Balaban J connectivity index is 1.97. The summed E-state index contributed by atoms with van der Waals surface area (Å²) in [6, 6.07) is 1.93. The van der Waals surface area contributed by atoms with E-state index in [9.17, 15) is 19.5 Å². The smallest absolute Gasteiger partial charge is 0.340 e. The monoisotopic (exact) mass is 384 g/mol. The van der Waals surface area contributed by atoms with E-state index in [1.54, 1.807) is 6.92 Å². The fraction of sp³-hybridized carbons (Fsp3) is 0.381. The van der Waals surface area contributed by atoms with Crippen LogP contribution in [0.25, 0.3) is 21.9 Å². The molecule has 0 unspecified atom stereocenters. The number of rotatable bonds is 6. The summed E-state index contributed by atoms with van der Waals surface area (Å²) in [6.07, 6.45) is 0.0156. The largest absolute Gasteiger partial charge is 0.550 e. The Morgan fingerprint density at radius 1 is 1.00 bits per heavy atom. The number of amides is 1. The van der Waals surface area contributed by atoms with Gasteiger partial charge in [0.05, 0.1) is 12.0 Å². The lowest BCUT2D eigenvalue weighted by Crippen LogP contribution is -2.30. The maximum atomic E-state index is 12.5. The summed E-state index contributed by atoms with van der Waals surface area (Å²) < 4.78 is 11.3. The quantitative estimate of drug-likeness (QED) is 0.513. The number of furan rings is 1. The van der Waals surface area contributed by atoms with Gasteiger partial charge < -0.3 is 24.1 Å². The summed E-state index contributed by atoms with van der Waals surface area (Å²) in [5.41, 5.74) is 3.36. The average Bonchev–Trinajstić information content (AvgIpc) is 2.92. The van der Waals surface area contributed by atoms with Gasteiger partial charge in [-0.05, 0) is 57.7 Å². The number of fused-ring (bicyclic) bond motifs is 2. The molecule has 2 heterocycles. The van der Waals surface area contributed by atoms with Crippen molar-refractivity contribution in [1.82, 2.24) is 5.32 Å². The Labute approximate surface area is 161 Å². The highest BCUT2D eigenvalue weighted by Crippen LogP contribution is 2.34. The number of hydrogen-bond donors (Lipinski definition) is 1. The van der Waals surface area contributed by atoms with E-state index in [0.717, 1.165) is 27.7 Å². The highest BCUT2D eigenvalue weighted by atomic mass is 16.4. The van der Waals surface area contributed by atoms with E-state index in [1.807, 2.05) is 26.8 Å². The fourth-order valence-electron chi connectivity index (χ4n) is 3.38. The van der Waals surface area contributed by atoms with Crippen LogP contribution in [0, 0.1) is 27.7 Å². The van der Waals surface area contributed by atoms with Crippen molar-refractivity contribution in [2.45, 2.75) is 47.0 Å². The van der Waals surface area contributed by atoms with Crippen molar-refractivity contribution in [1.29, 1.82) is 0 Å². The van der Waals surface area contributed by atoms with Crippen molar-refractivity contribution in [2.75, 3.05) is 6.54 Å². The van der Waals surface area contributed by atoms with Crippen LogP contribution in [0.15, 0.2) is 19.7 Å². The minimum atomic E-state index is -1.16. The Hall–Kier alpha value is -3.09. The Morgan fingerprint density at radius 3 is 2.32 bits per heavy atom. The Bertz CT molecular complexity index is 1150. The number of nitrogens with one attached hydrogen (secondary N) is 1. The van der Waals surface area contributed by atoms with Crippen LogP contribution in [-0.4, -0.2) is 18.4 Å². The number of carboxylic acid groups (broad SMARTS) is 1. The zero-order valence-electron chi connectivity index (χ0n) is 16.4.